The Hall–Kier alpha value is -2.93. The second-order valence-corrected chi connectivity index (χ2v) is 7.86. The van der Waals surface area contributed by atoms with E-state index in [1.54, 1.807) is 0 Å². The zero-order valence-electron chi connectivity index (χ0n) is 15.8. The van der Waals surface area contributed by atoms with Crippen LogP contribution in [-0.2, 0) is 11.3 Å². The minimum absolute atomic E-state index is 0.0889. The van der Waals surface area contributed by atoms with Crippen molar-refractivity contribution < 1.29 is 4.79 Å². The van der Waals surface area contributed by atoms with Gasteiger partial charge in [0.25, 0.3) is 0 Å². The number of aromatic nitrogens is 4. The van der Waals surface area contributed by atoms with Gasteiger partial charge < -0.3 is 9.88 Å². The zero-order chi connectivity index (χ0) is 19.5. The summed E-state index contributed by atoms with van der Waals surface area (Å²) in [5.74, 6) is -0.0889. The third-order valence-electron chi connectivity index (χ3n) is 4.49. The molecule has 6 nitrogen and oxygen atoms in total. The quantitative estimate of drug-likeness (QED) is 0.490. The number of para-hydroxylation sites is 2. The van der Waals surface area contributed by atoms with Crippen LogP contribution in [0.1, 0.15) is 20.3 Å². The fourth-order valence-corrected chi connectivity index (χ4v) is 3.88. The van der Waals surface area contributed by atoms with Crippen LogP contribution >= 0.6 is 11.8 Å². The number of nitrogens with zero attached hydrogens (tertiary/aromatic N) is 4. The average Bonchev–Trinajstić information content (AvgIpc) is 3.02. The number of carbonyl (C=O) groups is 1. The molecule has 4 rings (SSSR count). The lowest BCUT2D eigenvalue weighted by atomic mass is 10.2. The molecular weight excluding hydrogens is 370 g/mol. The summed E-state index contributed by atoms with van der Waals surface area (Å²) in [5.41, 5.74) is 3.50. The van der Waals surface area contributed by atoms with Crippen molar-refractivity contribution >= 4 is 45.4 Å². The van der Waals surface area contributed by atoms with Crippen LogP contribution < -0.4 is 5.32 Å². The summed E-state index contributed by atoms with van der Waals surface area (Å²) in [6.45, 7) is 4.84. The Morgan fingerprint density at radius 2 is 1.86 bits per heavy atom. The number of anilines is 1. The van der Waals surface area contributed by atoms with E-state index >= 15 is 0 Å². The molecule has 1 atom stereocenters. The lowest BCUT2D eigenvalue weighted by Gasteiger charge is -2.11. The number of hydrogen-bond acceptors (Lipinski definition) is 5. The summed E-state index contributed by atoms with van der Waals surface area (Å²) in [6.07, 6.45) is 0.996. The molecule has 2 heterocycles. The van der Waals surface area contributed by atoms with Gasteiger partial charge in [-0.1, -0.05) is 55.1 Å². The third kappa shape index (κ3) is 3.57. The minimum atomic E-state index is -0.344. The molecule has 0 fully saturated rings. The highest BCUT2D eigenvalue weighted by molar-refractivity contribution is 8.00. The first-order chi connectivity index (χ1) is 13.7. The molecule has 0 bridgehead atoms. The number of nitrogens with one attached hydrogen (secondary N) is 1. The van der Waals surface area contributed by atoms with Crippen molar-refractivity contribution in [2.45, 2.75) is 37.2 Å². The monoisotopic (exact) mass is 391 g/mol. The highest BCUT2D eigenvalue weighted by atomic mass is 32.2. The van der Waals surface area contributed by atoms with E-state index in [1.165, 1.54) is 11.8 Å². The fourth-order valence-electron chi connectivity index (χ4n) is 3.17. The Kier molecular flexibility index (Phi) is 5.25. The average molecular weight is 392 g/mol. The van der Waals surface area contributed by atoms with Crippen molar-refractivity contribution in [2.24, 2.45) is 0 Å². The maximum atomic E-state index is 12.5. The molecule has 0 saturated carbocycles. The SMILES string of the molecule is CCCn1c2ccccc2c2nnc(SC(C)C(=O)Nc3ccccc3)nc21. The lowest BCUT2D eigenvalue weighted by Crippen LogP contribution is -2.22. The van der Waals surface area contributed by atoms with Gasteiger partial charge in [0.2, 0.25) is 11.1 Å². The van der Waals surface area contributed by atoms with E-state index in [2.05, 4.69) is 33.1 Å². The highest BCUT2D eigenvalue weighted by Crippen LogP contribution is 2.28. The smallest absolute Gasteiger partial charge is 0.237 e. The standard InChI is InChI=1S/C21H21N5OS/c1-3-13-26-17-12-8-7-11-16(17)18-19(26)23-21(25-24-18)28-14(2)20(27)22-15-9-5-4-6-10-15/h4-12,14H,3,13H2,1-2H3,(H,22,27). The van der Waals surface area contributed by atoms with E-state index in [0.29, 0.717) is 5.16 Å². The number of rotatable bonds is 6. The Morgan fingerprint density at radius 3 is 2.64 bits per heavy atom. The first kappa shape index (κ1) is 18.4. The van der Waals surface area contributed by atoms with E-state index in [-0.39, 0.29) is 11.2 Å². The van der Waals surface area contributed by atoms with Crippen LogP contribution in [0, 0.1) is 0 Å². The molecule has 0 aliphatic heterocycles. The van der Waals surface area contributed by atoms with Crippen molar-refractivity contribution in [2.75, 3.05) is 5.32 Å². The van der Waals surface area contributed by atoms with Crippen LogP contribution in [0.2, 0.25) is 0 Å². The molecule has 2 aromatic heterocycles. The van der Waals surface area contributed by atoms with E-state index in [1.807, 2.05) is 55.5 Å². The second kappa shape index (κ2) is 7.98. The molecule has 0 aliphatic rings. The maximum absolute atomic E-state index is 12.5. The van der Waals surface area contributed by atoms with E-state index in [0.717, 1.165) is 40.7 Å². The highest BCUT2D eigenvalue weighted by Gasteiger charge is 2.19. The molecule has 1 N–H and O–H groups in total. The molecular formula is C21H21N5OS. The number of aryl methyl sites for hydroxylation is 1. The van der Waals surface area contributed by atoms with Crippen LogP contribution in [-0.4, -0.2) is 30.9 Å². The van der Waals surface area contributed by atoms with Crippen LogP contribution in [0.3, 0.4) is 0 Å². The third-order valence-corrected chi connectivity index (χ3v) is 5.45. The molecule has 0 aliphatic carbocycles. The van der Waals surface area contributed by atoms with Gasteiger partial charge in [-0.05, 0) is 31.5 Å². The molecule has 0 saturated heterocycles. The number of benzene rings is 2. The van der Waals surface area contributed by atoms with E-state index in [9.17, 15) is 4.79 Å². The van der Waals surface area contributed by atoms with Crippen LogP contribution in [0.4, 0.5) is 5.69 Å². The van der Waals surface area contributed by atoms with Crippen LogP contribution in [0.15, 0.2) is 59.8 Å². The minimum Gasteiger partial charge on any atom is -0.325 e. The Labute approximate surface area is 167 Å². The van der Waals surface area contributed by atoms with Crippen molar-refractivity contribution in [3.8, 4) is 0 Å². The largest absolute Gasteiger partial charge is 0.325 e. The summed E-state index contributed by atoms with van der Waals surface area (Å²) in [4.78, 5) is 17.2. The summed E-state index contributed by atoms with van der Waals surface area (Å²) in [7, 11) is 0. The zero-order valence-corrected chi connectivity index (χ0v) is 16.6. The van der Waals surface area contributed by atoms with Crippen molar-refractivity contribution in [1.82, 2.24) is 19.7 Å². The molecule has 1 amide bonds. The Bertz CT molecular complexity index is 1130. The van der Waals surface area contributed by atoms with Gasteiger partial charge in [0.15, 0.2) is 5.65 Å². The molecule has 4 aromatic rings. The van der Waals surface area contributed by atoms with Gasteiger partial charge in [0, 0.05) is 17.6 Å². The number of thioether (sulfide) groups is 1. The first-order valence-corrected chi connectivity index (χ1v) is 10.2. The lowest BCUT2D eigenvalue weighted by molar-refractivity contribution is -0.115. The summed E-state index contributed by atoms with van der Waals surface area (Å²) in [6, 6.07) is 17.6. The van der Waals surface area contributed by atoms with Gasteiger partial charge in [-0.2, -0.15) is 0 Å². The van der Waals surface area contributed by atoms with Gasteiger partial charge in [0.05, 0.1) is 10.8 Å². The Morgan fingerprint density at radius 1 is 1.11 bits per heavy atom. The maximum Gasteiger partial charge on any atom is 0.237 e. The van der Waals surface area contributed by atoms with E-state index in [4.69, 9.17) is 4.98 Å². The summed E-state index contributed by atoms with van der Waals surface area (Å²) < 4.78 is 2.18. The number of hydrogen-bond donors (Lipinski definition) is 1. The summed E-state index contributed by atoms with van der Waals surface area (Å²) >= 11 is 1.31. The molecule has 2 aromatic carbocycles. The number of amides is 1. The van der Waals surface area contributed by atoms with Crippen molar-refractivity contribution in [1.29, 1.82) is 0 Å². The number of carbonyl (C=O) groups excluding carboxylic acids is 1. The molecule has 0 radical (unpaired) electrons. The molecule has 28 heavy (non-hydrogen) atoms. The Balaban J connectivity index is 1.61. The molecule has 142 valence electrons. The van der Waals surface area contributed by atoms with Crippen molar-refractivity contribution in [3.05, 3.63) is 54.6 Å². The summed E-state index contributed by atoms with van der Waals surface area (Å²) in [5, 5.41) is 12.8. The van der Waals surface area contributed by atoms with Crippen molar-refractivity contribution in [3.63, 3.8) is 0 Å². The fraction of sp³-hybridized carbons (Fsp3) is 0.238. The van der Waals surface area contributed by atoms with E-state index < -0.39 is 0 Å². The van der Waals surface area contributed by atoms with Crippen LogP contribution in [0.5, 0.6) is 0 Å². The van der Waals surface area contributed by atoms with Gasteiger partial charge >= 0.3 is 0 Å². The normalized spacial score (nSPS) is 12.4. The van der Waals surface area contributed by atoms with Gasteiger partial charge in [-0.3, -0.25) is 4.79 Å². The van der Waals surface area contributed by atoms with Gasteiger partial charge in [-0.25, -0.2) is 4.98 Å². The predicted molar refractivity (Wildman–Crippen MR) is 114 cm³/mol. The van der Waals surface area contributed by atoms with Crippen LogP contribution in [0.25, 0.3) is 22.1 Å². The molecule has 0 spiro atoms. The molecule has 1 unspecified atom stereocenters. The van der Waals surface area contributed by atoms with Gasteiger partial charge in [-0.15, -0.1) is 10.2 Å². The topological polar surface area (TPSA) is 72.7 Å². The molecule has 7 heteroatoms. The second-order valence-electron chi connectivity index (χ2n) is 6.55. The number of fused-ring (bicyclic) bond motifs is 3. The van der Waals surface area contributed by atoms with Gasteiger partial charge in [0.1, 0.15) is 5.52 Å². The predicted octanol–water partition coefficient (Wildman–Crippen LogP) is 4.51. The first-order valence-electron chi connectivity index (χ1n) is 9.31.